The van der Waals surface area contributed by atoms with E-state index < -0.39 is 0 Å². The quantitative estimate of drug-likeness (QED) is 0.706. The fourth-order valence-corrected chi connectivity index (χ4v) is 3.62. The molecule has 6 nitrogen and oxygen atoms in total. The molecule has 4 rings (SSSR count). The van der Waals surface area contributed by atoms with Crippen LogP contribution in [0.25, 0.3) is 11.3 Å². The predicted octanol–water partition coefficient (Wildman–Crippen LogP) is 3.30. The lowest BCUT2D eigenvalue weighted by Gasteiger charge is -2.13. The van der Waals surface area contributed by atoms with E-state index in [1.807, 2.05) is 24.3 Å². The Morgan fingerprint density at radius 1 is 1.08 bits per heavy atom. The summed E-state index contributed by atoms with van der Waals surface area (Å²) in [5.41, 5.74) is 14.3. The molecule has 3 aromatic rings. The van der Waals surface area contributed by atoms with Gasteiger partial charge in [0.25, 0.3) is 0 Å². The van der Waals surface area contributed by atoms with Gasteiger partial charge in [0.15, 0.2) is 0 Å². The highest BCUT2D eigenvalue weighted by molar-refractivity contribution is 7.99. The second-order valence-corrected chi connectivity index (χ2v) is 6.11. The van der Waals surface area contributed by atoms with E-state index in [0.717, 1.165) is 10.6 Å². The molecule has 0 fully saturated rings. The predicted molar refractivity (Wildman–Crippen MR) is 92.0 cm³/mol. The minimum Gasteiger partial charge on any atom is -0.464 e. The number of nitrogen functional groups attached to an aromatic ring is 1. The number of para-hydroxylation sites is 1. The monoisotopic (exact) mass is 333 g/mol. The smallest absolute Gasteiger partial charge is 0.143 e. The van der Waals surface area contributed by atoms with Crippen LogP contribution in [0.5, 0.6) is 0 Å². The standard InChI is InChI=1S/C17H11N5OS/c18-8-9-13(11-5-3-7-23-11)14-16(20)21-10-4-1-2-6-12(10)24-17(14)22-15(9)19/h1-7H,(H2,19,22)(H2,20,21). The number of fused-ring (bicyclic) bond motifs is 2. The van der Waals surface area contributed by atoms with Crippen molar-refractivity contribution in [2.45, 2.75) is 9.92 Å². The average molecular weight is 333 g/mol. The zero-order valence-corrected chi connectivity index (χ0v) is 13.2. The number of furan rings is 1. The number of nitrogens with two attached hydrogens (primary N) is 2. The summed E-state index contributed by atoms with van der Waals surface area (Å²) in [4.78, 5) is 9.80. The molecule has 0 atom stereocenters. The van der Waals surface area contributed by atoms with Crippen LogP contribution in [0, 0.1) is 11.3 Å². The topological polar surface area (TPSA) is 114 Å². The molecule has 0 unspecified atom stereocenters. The van der Waals surface area contributed by atoms with E-state index in [2.05, 4.69) is 16.0 Å². The Labute approximate surface area is 141 Å². The van der Waals surface area contributed by atoms with Gasteiger partial charge in [-0.1, -0.05) is 23.9 Å². The Balaban J connectivity index is 2.09. The van der Waals surface area contributed by atoms with Crippen LogP contribution >= 0.6 is 11.8 Å². The first-order valence-corrected chi connectivity index (χ1v) is 7.89. The summed E-state index contributed by atoms with van der Waals surface area (Å²) in [5.74, 6) is 0.918. The van der Waals surface area contributed by atoms with Crippen LogP contribution in [0.3, 0.4) is 0 Å². The number of pyridine rings is 1. The Hall–Kier alpha value is -3.24. The van der Waals surface area contributed by atoms with Crippen molar-refractivity contribution in [3.05, 3.63) is 53.8 Å². The highest BCUT2D eigenvalue weighted by Crippen LogP contribution is 2.43. The van der Waals surface area contributed by atoms with Crippen molar-refractivity contribution < 1.29 is 4.42 Å². The van der Waals surface area contributed by atoms with E-state index in [1.54, 1.807) is 12.1 Å². The van der Waals surface area contributed by atoms with E-state index in [4.69, 9.17) is 15.9 Å². The van der Waals surface area contributed by atoms with Gasteiger partial charge >= 0.3 is 0 Å². The first kappa shape index (κ1) is 14.4. The van der Waals surface area contributed by atoms with Gasteiger partial charge in [0, 0.05) is 4.90 Å². The highest BCUT2D eigenvalue weighted by Gasteiger charge is 2.26. The molecule has 0 saturated carbocycles. The van der Waals surface area contributed by atoms with Gasteiger partial charge in [-0.3, -0.25) is 0 Å². The first-order valence-electron chi connectivity index (χ1n) is 7.08. The molecule has 2 aromatic heterocycles. The number of amidine groups is 1. The summed E-state index contributed by atoms with van der Waals surface area (Å²) in [7, 11) is 0. The molecule has 116 valence electrons. The molecule has 0 spiro atoms. The fourth-order valence-electron chi connectivity index (χ4n) is 2.60. The molecule has 1 aliphatic rings. The number of aromatic nitrogens is 1. The number of anilines is 1. The number of aliphatic imine (C=N–C) groups is 1. The van der Waals surface area contributed by atoms with Crippen LogP contribution in [-0.2, 0) is 0 Å². The van der Waals surface area contributed by atoms with E-state index >= 15 is 0 Å². The van der Waals surface area contributed by atoms with Crippen molar-refractivity contribution in [2.75, 3.05) is 5.73 Å². The highest BCUT2D eigenvalue weighted by atomic mass is 32.2. The van der Waals surface area contributed by atoms with E-state index in [9.17, 15) is 5.26 Å². The normalized spacial score (nSPS) is 12.5. The minimum absolute atomic E-state index is 0.141. The SMILES string of the molecule is N#Cc1c(N)nc2c(c1-c1ccco1)C(N)=Nc1ccccc1S2. The summed E-state index contributed by atoms with van der Waals surface area (Å²) in [6.07, 6.45) is 1.53. The minimum atomic E-state index is 0.141. The van der Waals surface area contributed by atoms with Gasteiger partial charge in [0.1, 0.15) is 34.1 Å². The van der Waals surface area contributed by atoms with E-state index in [0.29, 0.717) is 21.9 Å². The number of benzene rings is 1. The van der Waals surface area contributed by atoms with Crippen LogP contribution in [0.2, 0.25) is 0 Å². The lowest BCUT2D eigenvalue weighted by Crippen LogP contribution is -2.17. The maximum Gasteiger partial charge on any atom is 0.143 e. The molecule has 7 heteroatoms. The number of hydrogen-bond acceptors (Lipinski definition) is 7. The van der Waals surface area contributed by atoms with Crippen molar-refractivity contribution in [1.82, 2.24) is 4.98 Å². The Bertz CT molecular complexity index is 1020. The second-order valence-electron chi connectivity index (χ2n) is 5.08. The van der Waals surface area contributed by atoms with Crippen LogP contribution in [-0.4, -0.2) is 10.8 Å². The van der Waals surface area contributed by atoms with Crippen LogP contribution in [0.4, 0.5) is 11.5 Å². The molecule has 0 aliphatic carbocycles. The van der Waals surface area contributed by atoms with Crippen LogP contribution in [0.15, 0.2) is 62.0 Å². The summed E-state index contributed by atoms with van der Waals surface area (Å²) in [6.45, 7) is 0. The van der Waals surface area contributed by atoms with Gasteiger partial charge in [-0.25, -0.2) is 9.98 Å². The molecular weight excluding hydrogens is 322 g/mol. The fraction of sp³-hybridized carbons (Fsp3) is 0. The number of rotatable bonds is 1. The largest absolute Gasteiger partial charge is 0.464 e. The van der Waals surface area contributed by atoms with Gasteiger partial charge in [0.2, 0.25) is 0 Å². The lowest BCUT2D eigenvalue weighted by atomic mass is 10.0. The molecule has 0 saturated heterocycles. The molecular formula is C17H11N5OS. The van der Waals surface area contributed by atoms with Crippen molar-refractivity contribution in [2.24, 2.45) is 10.7 Å². The zero-order valence-electron chi connectivity index (χ0n) is 12.4. The zero-order chi connectivity index (χ0) is 16.7. The Morgan fingerprint density at radius 3 is 2.67 bits per heavy atom. The maximum absolute atomic E-state index is 9.53. The van der Waals surface area contributed by atoms with E-state index in [-0.39, 0.29) is 17.2 Å². The van der Waals surface area contributed by atoms with Crippen LogP contribution < -0.4 is 11.5 Å². The number of hydrogen-bond donors (Lipinski definition) is 2. The van der Waals surface area contributed by atoms with Crippen LogP contribution in [0.1, 0.15) is 11.1 Å². The molecule has 3 heterocycles. The Kier molecular flexibility index (Phi) is 3.25. The third-order valence-electron chi connectivity index (χ3n) is 3.64. The van der Waals surface area contributed by atoms with Gasteiger partial charge in [-0.05, 0) is 24.3 Å². The average Bonchev–Trinajstić information content (AvgIpc) is 3.05. The molecule has 1 aliphatic heterocycles. The third kappa shape index (κ3) is 2.13. The number of nitrogens with zero attached hydrogens (tertiary/aromatic N) is 3. The molecule has 1 aromatic carbocycles. The number of nitriles is 1. The van der Waals surface area contributed by atoms with Crippen molar-refractivity contribution >= 4 is 29.1 Å². The summed E-state index contributed by atoms with van der Waals surface area (Å²) < 4.78 is 5.50. The second kappa shape index (κ2) is 5.44. The van der Waals surface area contributed by atoms with Gasteiger partial charge in [0.05, 0.1) is 23.1 Å². The molecule has 0 radical (unpaired) electrons. The van der Waals surface area contributed by atoms with Crippen molar-refractivity contribution in [3.63, 3.8) is 0 Å². The van der Waals surface area contributed by atoms with Gasteiger partial charge in [-0.15, -0.1) is 0 Å². The maximum atomic E-state index is 9.53. The Morgan fingerprint density at radius 2 is 1.92 bits per heavy atom. The first-order chi connectivity index (χ1) is 11.7. The third-order valence-corrected chi connectivity index (χ3v) is 4.69. The summed E-state index contributed by atoms with van der Waals surface area (Å²) in [6, 6.07) is 13.2. The van der Waals surface area contributed by atoms with E-state index in [1.165, 1.54) is 18.0 Å². The molecule has 0 bridgehead atoms. The van der Waals surface area contributed by atoms with Crippen molar-refractivity contribution in [3.8, 4) is 17.4 Å². The lowest BCUT2D eigenvalue weighted by molar-refractivity contribution is 0.581. The summed E-state index contributed by atoms with van der Waals surface area (Å²) >= 11 is 1.42. The van der Waals surface area contributed by atoms with Crippen molar-refractivity contribution in [1.29, 1.82) is 5.26 Å². The summed E-state index contributed by atoms with van der Waals surface area (Å²) in [5, 5.41) is 10.1. The molecule has 24 heavy (non-hydrogen) atoms. The molecule has 0 amide bonds. The van der Waals surface area contributed by atoms with Gasteiger partial charge < -0.3 is 15.9 Å². The van der Waals surface area contributed by atoms with Gasteiger partial charge in [-0.2, -0.15) is 5.26 Å². The molecule has 4 N–H and O–H groups in total.